The van der Waals surface area contributed by atoms with Crippen molar-refractivity contribution in [2.24, 2.45) is 17.3 Å². The fourth-order valence-corrected chi connectivity index (χ4v) is 8.62. The van der Waals surface area contributed by atoms with E-state index in [4.69, 9.17) is 13.8 Å². The summed E-state index contributed by atoms with van der Waals surface area (Å²) in [5.74, 6) is 3.22. The smallest absolute Gasteiger partial charge is 0.137 e. The molecule has 1 aliphatic heterocycles. The molecule has 2 aromatic heterocycles. The molecule has 0 N–H and O–H groups in total. The van der Waals surface area contributed by atoms with E-state index in [0.29, 0.717) is 18.5 Å². The Morgan fingerprint density at radius 1 is 0.837 bits per heavy atom. The van der Waals surface area contributed by atoms with E-state index in [9.17, 15) is 0 Å². The first-order chi connectivity index (χ1) is 21.8. The number of pyridine rings is 1. The third-order valence-corrected chi connectivity index (χ3v) is 10.8. The quantitative estimate of drug-likeness (QED) is 0.215. The number of ether oxygens (including phenoxy) is 1. The monoisotopic (exact) mass is 573 g/mol. The molecule has 3 heterocycles. The van der Waals surface area contributed by atoms with E-state index in [0.717, 1.165) is 52.3 Å². The van der Waals surface area contributed by atoms with Crippen molar-refractivity contribution < 1.29 is 8.85 Å². The highest BCUT2D eigenvalue weighted by Gasteiger charge is 2.64. The third-order valence-electron chi connectivity index (χ3n) is 10.8. The summed E-state index contributed by atoms with van der Waals surface area (Å²) in [7, 11) is 0. The molecule has 4 atom stereocenters. The number of para-hydroxylation sites is 1. The van der Waals surface area contributed by atoms with Crippen LogP contribution in [-0.2, 0) is 5.41 Å². The van der Waals surface area contributed by atoms with E-state index in [2.05, 4.69) is 105 Å². The summed E-state index contributed by atoms with van der Waals surface area (Å²) in [6, 6.07) is 27.4. The number of benzene rings is 3. The van der Waals surface area contributed by atoms with Crippen LogP contribution in [0.15, 0.2) is 85.1 Å². The van der Waals surface area contributed by atoms with E-state index in [1.54, 1.807) is 4.90 Å². The Labute approximate surface area is 259 Å². The topological polar surface area (TPSA) is 33.5 Å². The van der Waals surface area contributed by atoms with Crippen molar-refractivity contribution in [3.05, 3.63) is 90.6 Å². The van der Waals surface area contributed by atoms with E-state index >= 15 is 0 Å². The molecule has 2 aliphatic carbocycles. The molecule has 0 spiro atoms. The Bertz CT molecular complexity index is 1970. The Hall–Kier alpha value is -3.83. The summed E-state index contributed by atoms with van der Waals surface area (Å²) in [5, 5.41) is 2.32. The second kappa shape index (κ2) is 9.33. The van der Waals surface area contributed by atoms with Crippen LogP contribution in [0.1, 0.15) is 57.1 Å². The van der Waals surface area contributed by atoms with Crippen LogP contribution in [0.2, 0.25) is 0 Å². The second-order valence-corrected chi connectivity index (χ2v) is 14.5. The molecule has 43 heavy (non-hydrogen) atoms. The van der Waals surface area contributed by atoms with E-state index < -0.39 is 6.98 Å². The van der Waals surface area contributed by atoms with Gasteiger partial charge < -0.3 is 9.64 Å². The lowest BCUT2D eigenvalue weighted by Crippen LogP contribution is -2.41. The van der Waals surface area contributed by atoms with Gasteiger partial charge in [0, 0.05) is 51.0 Å². The first-order valence-corrected chi connectivity index (χ1v) is 15.6. The van der Waals surface area contributed by atoms with Crippen molar-refractivity contribution in [1.82, 2.24) is 14.5 Å². The average molecular weight is 574 g/mol. The predicted octanol–water partition coefficient (Wildman–Crippen LogP) is 8.78. The molecule has 1 saturated heterocycles. The van der Waals surface area contributed by atoms with Crippen LogP contribution in [-0.4, -0.2) is 40.2 Å². The van der Waals surface area contributed by atoms with Gasteiger partial charge in [0.05, 0.1) is 17.7 Å². The first kappa shape index (κ1) is 23.6. The average Bonchev–Trinajstić information content (AvgIpc) is 3.71. The van der Waals surface area contributed by atoms with Crippen molar-refractivity contribution in [1.29, 1.82) is 0 Å². The van der Waals surface area contributed by atoms with Crippen LogP contribution in [0, 0.1) is 17.3 Å². The largest absolute Gasteiger partial charge is 0.457 e. The molecule has 4 unspecified atom stereocenters. The molecule has 220 valence electrons. The normalized spacial score (nSPS) is 26.1. The number of rotatable bonds is 4. The van der Waals surface area contributed by atoms with Gasteiger partial charge >= 0.3 is 0 Å². The van der Waals surface area contributed by atoms with Crippen molar-refractivity contribution in [2.45, 2.75) is 65.0 Å². The number of hydrogen-bond donors (Lipinski definition) is 0. The first-order valence-electron chi connectivity index (χ1n) is 17.1. The molecule has 3 fully saturated rings. The number of aromatic nitrogens is 2. The number of fused-ring (bicyclic) bond motifs is 8. The summed E-state index contributed by atoms with van der Waals surface area (Å²) in [5.41, 5.74) is 4.51. The van der Waals surface area contributed by atoms with Gasteiger partial charge in [-0.1, -0.05) is 58.9 Å². The van der Waals surface area contributed by atoms with Gasteiger partial charge in [-0.2, -0.15) is 0 Å². The highest BCUT2D eigenvalue weighted by Crippen LogP contribution is 2.62. The highest BCUT2D eigenvalue weighted by atomic mass is 16.5. The lowest BCUT2D eigenvalue weighted by atomic mass is 9.81. The lowest BCUT2D eigenvalue weighted by Gasteiger charge is -2.33. The van der Waals surface area contributed by atoms with Crippen LogP contribution in [0.4, 0.5) is 5.69 Å². The Kier molecular flexibility index (Phi) is 5.12. The van der Waals surface area contributed by atoms with Gasteiger partial charge in [0.15, 0.2) is 0 Å². The van der Waals surface area contributed by atoms with Gasteiger partial charge in [0.2, 0.25) is 0 Å². The molecule has 0 radical (unpaired) electrons. The maximum atomic E-state index is 8.36. The minimum atomic E-state index is -2.12. The Morgan fingerprint density at radius 2 is 1.60 bits per heavy atom. The molecular formula is C38H42N4O. The van der Waals surface area contributed by atoms with Gasteiger partial charge in [-0.25, -0.2) is 4.98 Å². The molecule has 2 bridgehead atoms. The second-order valence-electron chi connectivity index (χ2n) is 14.5. The van der Waals surface area contributed by atoms with Crippen molar-refractivity contribution in [3.8, 4) is 17.3 Å². The lowest BCUT2D eigenvalue weighted by molar-refractivity contribution is 0.179. The molecule has 5 aromatic rings. The van der Waals surface area contributed by atoms with Crippen molar-refractivity contribution in [2.75, 3.05) is 18.5 Å². The fourth-order valence-electron chi connectivity index (χ4n) is 8.62. The zero-order valence-electron chi connectivity index (χ0n) is 28.7. The minimum Gasteiger partial charge on any atom is -0.457 e. The van der Waals surface area contributed by atoms with Gasteiger partial charge in [-0.05, 0) is 90.5 Å². The predicted molar refractivity (Wildman–Crippen MR) is 176 cm³/mol. The molecule has 2 saturated carbocycles. The maximum Gasteiger partial charge on any atom is 0.137 e. The Balaban J connectivity index is 1.16. The molecule has 0 amide bonds. The van der Waals surface area contributed by atoms with Gasteiger partial charge in [0.1, 0.15) is 17.3 Å². The molecule has 3 aliphatic rings. The molecule has 5 heteroatoms. The van der Waals surface area contributed by atoms with Crippen LogP contribution < -0.4 is 9.64 Å². The van der Waals surface area contributed by atoms with Crippen LogP contribution in [0.3, 0.4) is 0 Å². The zero-order chi connectivity index (χ0) is 32.2. The van der Waals surface area contributed by atoms with Crippen molar-refractivity contribution in [3.63, 3.8) is 0 Å². The standard InChI is InChI=1S/C38H42N4O/c1-37(2,3)24-18-19-39-34(20-24)42-32-13-8-7-12-28(32)29-15-14-27(22-33(29)42)43-26-11-9-10-25(21-26)41-23-40(6)35-30-16-17-31(36(35)41)38(30,4)5/h7-15,18-22,30-31,35-36H,16-17,23H2,1-6H3/i6D3. The summed E-state index contributed by atoms with van der Waals surface area (Å²) in [6.45, 7) is 9.63. The number of nitrogens with zero attached hydrogens (tertiary/aromatic N) is 4. The molecule has 8 rings (SSSR count). The number of likely N-dealkylation sites (N-methyl/N-ethyl adjacent to an activating group) is 1. The van der Waals surface area contributed by atoms with E-state index in [-0.39, 0.29) is 22.9 Å². The van der Waals surface area contributed by atoms with Crippen LogP contribution >= 0.6 is 0 Å². The van der Waals surface area contributed by atoms with E-state index in [1.165, 1.54) is 10.9 Å². The number of anilines is 1. The van der Waals surface area contributed by atoms with Gasteiger partial charge in [-0.15, -0.1) is 0 Å². The number of hydrogen-bond acceptors (Lipinski definition) is 4. The van der Waals surface area contributed by atoms with Gasteiger partial charge in [-0.3, -0.25) is 9.47 Å². The summed E-state index contributed by atoms with van der Waals surface area (Å²) in [4.78, 5) is 8.94. The van der Waals surface area contributed by atoms with Crippen LogP contribution in [0.25, 0.3) is 27.6 Å². The van der Waals surface area contributed by atoms with Gasteiger partial charge in [0.25, 0.3) is 0 Å². The maximum absolute atomic E-state index is 8.36. The highest BCUT2D eigenvalue weighted by molar-refractivity contribution is 6.09. The molecule has 5 nitrogen and oxygen atoms in total. The third kappa shape index (κ3) is 4.04. The van der Waals surface area contributed by atoms with E-state index in [1.807, 2.05) is 24.4 Å². The molecule has 3 aromatic carbocycles. The van der Waals surface area contributed by atoms with Crippen molar-refractivity contribution >= 4 is 27.5 Å². The fraction of sp³-hybridized carbons (Fsp3) is 0.395. The Morgan fingerprint density at radius 3 is 2.42 bits per heavy atom. The minimum absolute atomic E-state index is 0.000581. The molecular weight excluding hydrogens is 528 g/mol. The SMILES string of the molecule is [2H]C([2H])([2H])N1CN(c2cccc(Oc3ccc4c5ccccc5n(-c5cc(C(C)(C)C)ccn5)c4c3)c2)C2C1C1CCC2C1(C)C. The zero-order valence-corrected chi connectivity index (χ0v) is 25.7. The van der Waals surface area contributed by atoms with Crippen LogP contribution in [0.5, 0.6) is 11.5 Å². The summed E-state index contributed by atoms with van der Waals surface area (Å²) in [6.07, 6.45) is 4.16. The summed E-state index contributed by atoms with van der Waals surface area (Å²) < 4.78 is 33.9. The summed E-state index contributed by atoms with van der Waals surface area (Å²) >= 11 is 0.